The number of aliphatic hydroxyl groups excluding tert-OH is 1. The lowest BCUT2D eigenvalue weighted by Crippen LogP contribution is -2.50. The Morgan fingerprint density at radius 2 is 1.71 bits per heavy atom. The highest BCUT2D eigenvalue weighted by Crippen LogP contribution is 2.17. The van der Waals surface area contributed by atoms with Gasteiger partial charge in [-0.2, -0.15) is 0 Å². The predicted octanol–water partition coefficient (Wildman–Crippen LogP) is 1.27. The van der Waals surface area contributed by atoms with E-state index in [1.807, 2.05) is 30.3 Å². The third-order valence-corrected chi connectivity index (χ3v) is 5.03. The summed E-state index contributed by atoms with van der Waals surface area (Å²) in [4.78, 5) is 48.3. The van der Waals surface area contributed by atoms with Crippen molar-refractivity contribution in [2.75, 3.05) is 13.7 Å². The lowest BCUT2D eigenvalue weighted by Gasteiger charge is -2.25. The van der Waals surface area contributed by atoms with Gasteiger partial charge in [-0.15, -0.1) is 0 Å². The molecule has 0 aliphatic heterocycles. The molecule has 11 nitrogen and oxygen atoms in total. The van der Waals surface area contributed by atoms with E-state index in [2.05, 4.69) is 10.6 Å². The molecular formula is C23H35N3O8. The monoisotopic (exact) mass is 481 g/mol. The summed E-state index contributed by atoms with van der Waals surface area (Å²) >= 11 is 0. The lowest BCUT2D eigenvalue weighted by molar-refractivity contribution is -0.149. The molecule has 0 bridgehead atoms. The van der Waals surface area contributed by atoms with Gasteiger partial charge in [-0.05, 0) is 37.2 Å². The van der Waals surface area contributed by atoms with Crippen molar-refractivity contribution in [2.24, 2.45) is 11.8 Å². The van der Waals surface area contributed by atoms with Gasteiger partial charge in [-0.3, -0.25) is 14.8 Å². The number of carbonyl (C=O) groups excluding carboxylic acids is 4. The maximum Gasteiger partial charge on any atom is 0.407 e. The second-order valence-electron chi connectivity index (χ2n) is 8.23. The fourth-order valence-corrected chi connectivity index (χ4v) is 3.24. The molecule has 11 heteroatoms. The molecule has 0 saturated heterocycles. The first kappa shape index (κ1) is 28.9. The van der Waals surface area contributed by atoms with Crippen molar-refractivity contribution in [3.05, 3.63) is 35.9 Å². The smallest absolute Gasteiger partial charge is 0.407 e. The number of hydroxylamine groups is 1. The molecule has 3 amide bonds. The second-order valence-corrected chi connectivity index (χ2v) is 8.23. The highest BCUT2D eigenvalue weighted by molar-refractivity contribution is 5.91. The number of carbonyl (C=O) groups is 4. The Bertz CT molecular complexity index is 788. The van der Waals surface area contributed by atoms with Crippen LogP contribution in [-0.4, -0.2) is 60.0 Å². The molecule has 0 aliphatic rings. The van der Waals surface area contributed by atoms with E-state index in [1.54, 1.807) is 13.8 Å². The lowest BCUT2D eigenvalue weighted by atomic mass is 9.90. The van der Waals surface area contributed by atoms with Crippen LogP contribution >= 0.6 is 0 Å². The quantitative estimate of drug-likeness (QED) is 0.115. The summed E-state index contributed by atoms with van der Waals surface area (Å²) in [5.41, 5.74) is 2.20. The first-order valence-electron chi connectivity index (χ1n) is 11.1. The minimum atomic E-state index is -1.78. The van der Waals surface area contributed by atoms with Crippen LogP contribution in [0.1, 0.15) is 45.1 Å². The van der Waals surface area contributed by atoms with Crippen LogP contribution in [0.15, 0.2) is 30.3 Å². The van der Waals surface area contributed by atoms with E-state index in [4.69, 9.17) is 14.7 Å². The summed E-state index contributed by atoms with van der Waals surface area (Å²) < 4.78 is 9.86. The Labute approximate surface area is 199 Å². The van der Waals surface area contributed by atoms with Gasteiger partial charge in [-0.1, -0.05) is 44.2 Å². The van der Waals surface area contributed by atoms with Gasteiger partial charge in [0.25, 0.3) is 5.91 Å². The molecule has 2 unspecified atom stereocenters. The van der Waals surface area contributed by atoms with Crippen molar-refractivity contribution in [3.8, 4) is 0 Å². The number of hydrogen-bond acceptors (Lipinski definition) is 8. The topological polar surface area (TPSA) is 163 Å². The van der Waals surface area contributed by atoms with Crippen LogP contribution in [-0.2, 0) is 30.5 Å². The number of rotatable bonds is 14. The second kappa shape index (κ2) is 15.6. The number of alkyl carbamates (subject to hydrolysis) is 1. The molecule has 0 fully saturated rings. The van der Waals surface area contributed by atoms with Gasteiger partial charge in [0.05, 0.1) is 13.0 Å². The molecular weight excluding hydrogens is 446 g/mol. The van der Waals surface area contributed by atoms with Crippen LogP contribution in [0, 0.1) is 11.8 Å². The largest absolute Gasteiger partial charge is 0.467 e. The summed E-state index contributed by atoms with van der Waals surface area (Å²) in [7, 11) is 1.19. The number of ether oxygens (including phenoxy) is 2. The van der Waals surface area contributed by atoms with Crippen molar-refractivity contribution in [3.63, 3.8) is 0 Å². The molecule has 1 rings (SSSR count). The normalized spacial score (nSPS) is 13.4. The van der Waals surface area contributed by atoms with E-state index in [-0.39, 0.29) is 25.4 Å². The molecule has 0 spiro atoms. The average molecular weight is 482 g/mol. The van der Waals surface area contributed by atoms with Gasteiger partial charge in [0.2, 0.25) is 5.91 Å². The van der Waals surface area contributed by atoms with Crippen molar-refractivity contribution in [1.29, 1.82) is 0 Å². The molecule has 0 heterocycles. The highest BCUT2D eigenvalue weighted by atomic mass is 16.5. The van der Waals surface area contributed by atoms with E-state index in [0.717, 1.165) is 5.56 Å². The van der Waals surface area contributed by atoms with E-state index in [1.165, 1.54) is 12.6 Å². The Hall–Kier alpha value is -3.18. The van der Waals surface area contributed by atoms with Gasteiger partial charge in [0.1, 0.15) is 18.8 Å². The summed E-state index contributed by atoms with van der Waals surface area (Å²) in [5.74, 6) is -3.70. The van der Waals surface area contributed by atoms with Crippen LogP contribution in [0.3, 0.4) is 0 Å². The van der Waals surface area contributed by atoms with Gasteiger partial charge in [-0.25, -0.2) is 15.1 Å². The Balaban J connectivity index is 2.52. The van der Waals surface area contributed by atoms with Crippen molar-refractivity contribution in [2.45, 2.75) is 58.3 Å². The van der Waals surface area contributed by atoms with E-state index in [9.17, 15) is 24.3 Å². The fourth-order valence-electron chi connectivity index (χ4n) is 3.24. The van der Waals surface area contributed by atoms with Crippen LogP contribution in [0.5, 0.6) is 0 Å². The third-order valence-electron chi connectivity index (χ3n) is 5.03. The molecule has 0 saturated carbocycles. The van der Waals surface area contributed by atoms with Gasteiger partial charge < -0.3 is 25.2 Å². The number of aliphatic hydroxyl groups is 1. The number of unbranched alkanes of at least 4 members (excludes halogenated alkanes) is 1. The van der Waals surface area contributed by atoms with Gasteiger partial charge in [0, 0.05) is 6.54 Å². The summed E-state index contributed by atoms with van der Waals surface area (Å²) in [6, 6.07) is 8.25. The Morgan fingerprint density at radius 3 is 2.29 bits per heavy atom. The number of esters is 1. The Morgan fingerprint density at radius 1 is 1.03 bits per heavy atom. The zero-order chi connectivity index (χ0) is 25.5. The minimum absolute atomic E-state index is 0.0406. The van der Waals surface area contributed by atoms with Crippen LogP contribution in [0.4, 0.5) is 4.79 Å². The third kappa shape index (κ3) is 10.6. The van der Waals surface area contributed by atoms with Gasteiger partial charge in [0.15, 0.2) is 0 Å². The Kier molecular flexibility index (Phi) is 13.3. The molecule has 1 aromatic carbocycles. The average Bonchev–Trinajstić information content (AvgIpc) is 2.83. The zero-order valence-corrected chi connectivity index (χ0v) is 19.8. The van der Waals surface area contributed by atoms with Crippen LogP contribution < -0.4 is 16.1 Å². The molecule has 3 atom stereocenters. The predicted molar refractivity (Wildman–Crippen MR) is 121 cm³/mol. The summed E-state index contributed by atoms with van der Waals surface area (Å²) in [6.07, 6.45) is -0.993. The maximum atomic E-state index is 12.7. The molecule has 5 N–H and O–H groups in total. The fraction of sp³-hybridized carbons (Fsp3) is 0.565. The first-order chi connectivity index (χ1) is 16.2. The van der Waals surface area contributed by atoms with Crippen molar-refractivity contribution >= 4 is 23.9 Å². The molecule has 190 valence electrons. The van der Waals surface area contributed by atoms with Crippen LogP contribution in [0.25, 0.3) is 0 Å². The number of benzene rings is 1. The standard InChI is InChI=1S/C23H35N3O8/c1-15(2)13-17(19(27)21(29)26-32)20(28)25-18(22(30)33-3)11-7-8-12-24-23(31)34-14-16-9-5-4-6-10-16/h4-6,9-10,15,17-19,27,32H,7-8,11-14H2,1-3H3,(H,24,31)(H,25,28)(H,26,29)/t17-,18?,19?/m1/s1. The zero-order valence-electron chi connectivity index (χ0n) is 19.8. The highest BCUT2D eigenvalue weighted by Gasteiger charge is 2.34. The SMILES string of the molecule is COC(=O)C(CCCCNC(=O)OCc1ccccc1)NC(=O)[C@H](CC(C)C)C(O)C(=O)NO. The number of methoxy groups -OCH3 is 1. The summed E-state index contributed by atoms with van der Waals surface area (Å²) in [6.45, 7) is 4.07. The molecule has 34 heavy (non-hydrogen) atoms. The molecule has 0 aromatic heterocycles. The van der Waals surface area contributed by atoms with Crippen molar-refractivity contribution in [1.82, 2.24) is 16.1 Å². The molecule has 1 aromatic rings. The first-order valence-corrected chi connectivity index (χ1v) is 11.1. The maximum absolute atomic E-state index is 12.7. The minimum Gasteiger partial charge on any atom is -0.467 e. The van der Waals surface area contributed by atoms with Gasteiger partial charge >= 0.3 is 12.1 Å². The molecule has 0 aliphatic carbocycles. The summed E-state index contributed by atoms with van der Waals surface area (Å²) in [5, 5.41) is 24.0. The van der Waals surface area contributed by atoms with E-state index < -0.39 is 41.9 Å². The van der Waals surface area contributed by atoms with E-state index in [0.29, 0.717) is 19.4 Å². The van der Waals surface area contributed by atoms with Crippen LogP contribution in [0.2, 0.25) is 0 Å². The number of amides is 3. The van der Waals surface area contributed by atoms with Crippen molar-refractivity contribution < 1.29 is 39.0 Å². The number of hydrogen-bond donors (Lipinski definition) is 5. The molecule has 0 radical (unpaired) electrons. The number of nitrogens with one attached hydrogen (secondary N) is 3. The van der Waals surface area contributed by atoms with E-state index >= 15 is 0 Å².